The van der Waals surface area contributed by atoms with Crippen LogP contribution in [0.1, 0.15) is 31.4 Å². The molecule has 3 rings (SSSR count). The topological polar surface area (TPSA) is 30.5 Å². The Labute approximate surface area is 126 Å². The van der Waals surface area contributed by atoms with E-state index in [0.29, 0.717) is 0 Å². The summed E-state index contributed by atoms with van der Waals surface area (Å²) in [5.74, 6) is 0.928. The van der Waals surface area contributed by atoms with Gasteiger partial charge in [-0.3, -0.25) is 0 Å². The van der Waals surface area contributed by atoms with Crippen molar-refractivity contribution in [3.05, 3.63) is 42.0 Å². The van der Waals surface area contributed by atoms with Crippen LogP contribution in [-0.2, 0) is 4.74 Å². The van der Waals surface area contributed by atoms with Crippen molar-refractivity contribution in [2.24, 2.45) is 0 Å². The molecule has 1 aliphatic heterocycles. The van der Waals surface area contributed by atoms with Gasteiger partial charge in [0, 0.05) is 12.0 Å². The second kappa shape index (κ2) is 6.46. The van der Waals surface area contributed by atoms with Crippen molar-refractivity contribution in [1.82, 2.24) is 5.32 Å². The van der Waals surface area contributed by atoms with E-state index in [2.05, 4.69) is 48.6 Å². The maximum Gasteiger partial charge on any atom is 0.126 e. The third kappa shape index (κ3) is 2.76. The molecule has 2 aromatic carbocycles. The van der Waals surface area contributed by atoms with E-state index in [9.17, 15) is 0 Å². The molecule has 3 heteroatoms. The Morgan fingerprint density at radius 1 is 1.24 bits per heavy atom. The summed E-state index contributed by atoms with van der Waals surface area (Å²) in [7, 11) is 1.73. The minimum atomic E-state index is 0.244. The largest absolute Gasteiger partial charge is 0.496 e. The number of nitrogens with one attached hydrogen (secondary N) is 1. The Bertz CT molecular complexity index is 605. The predicted molar refractivity (Wildman–Crippen MR) is 85.9 cm³/mol. The number of fused-ring (bicyclic) bond motifs is 1. The molecular weight excluding hydrogens is 262 g/mol. The molecule has 1 fully saturated rings. The zero-order chi connectivity index (χ0) is 14.7. The van der Waals surface area contributed by atoms with E-state index in [1.807, 2.05) is 0 Å². The van der Waals surface area contributed by atoms with E-state index in [0.717, 1.165) is 31.7 Å². The number of hydrogen-bond acceptors (Lipinski definition) is 3. The normalized spacial score (nSPS) is 19.8. The molecule has 0 bridgehead atoms. The van der Waals surface area contributed by atoms with Gasteiger partial charge in [-0.2, -0.15) is 0 Å². The predicted octanol–water partition coefficient (Wildman–Crippen LogP) is 3.68. The van der Waals surface area contributed by atoms with E-state index in [1.165, 1.54) is 16.3 Å². The SMILES string of the molecule is CCNC(c1ccc(OC)c2ccccc12)C1CCCO1. The fraction of sp³-hybridized carbons (Fsp3) is 0.444. The summed E-state index contributed by atoms with van der Waals surface area (Å²) in [6.45, 7) is 3.96. The summed E-state index contributed by atoms with van der Waals surface area (Å²) >= 11 is 0. The number of rotatable bonds is 5. The summed E-state index contributed by atoms with van der Waals surface area (Å²) in [4.78, 5) is 0. The minimum absolute atomic E-state index is 0.244. The molecule has 112 valence electrons. The first-order valence-corrected chi connectivity index (χ1v) is 7.75. The number of likely N-dealkylation sites (N-methyl/N-ethyl adjacent to an activating group) is 1. The Kier molecular flexibility index (Phi) is 4.42. The number of hydrogen-bond donors (Lipinski definition) is 1. The monoisotopic (exact) mass is 285 g/mol. The van der Waals surface area contributed by atoms with Crippen molar-refractivity contribution in [2.75, 3.05) is 20.3 Å². The van der Waals surface area contributed by atoms with Crippen LogP contribution >= 0.6 is 0 Å². The molecule has 2 aromatic rings. The first-order chi connectivity index (χ1) is 10.3. The molecule has 2 atom stereocenters. The smallest absolute Gasteiger partial charge is 0.126 e. The Morgan fingerprint density at radius 2 is 2.05 bits per heavy atom. The summed E-state index contributed by atoms with van der Waals surface area (Å²) in [5.41, 5.74) is 1.31. The third-order valence-electron chi connectivity index (χ3n) is 4.23. The van der Waals surface area contributed by atoms with Gasteiger partial charge in [0.1, 0.15) is 5.75 Å². The summed E-state index contributed by atoms with van der Waals surface area (Å²) in [5, 5.41) is 6.02. The molecule has 0 saturated carbocycles. The lowest BCUT2D eigenvalue weighted by Gasteiger charge is -2.26. The Hall–Kier alpha value is -1.58. The highest BCUT2D eigenvalue weighted by molar-refractivity contribution is 5.91. The van der Waals surface area contributed by atoms with Crippen molar-refractivity contribution in [1.29, 1.82) is 0 Å². The van der Waals surface area contributed by atoms with E-state index in [-0.39, 0.29) is 12.1 Å². The maximum absolute atomic E-state index is 5.93. The van der Waals surface area contributed by atoms with Crippen molar-refractivity contribution in [2.45, 2.75) is 31.9 Å². The zero-order valence-electron chi connectivity index (χ0n) is 12.8. The highest BCUT2D eigenvalue weighted by Gasteiger charge is 2.28. The maximum atomic E-state index is 5.93. The molecule has 1 N–H and O–H groups in total. The summed E-state index contributed by atoms with van der Waals surface area (Å²) in [6.07, 6.45) is 2.54. The molecule has 0 spiro atoms. The van der Waals surface area contributed by atoms with Crippen LogP contribution in [0.25, 0.3) is 10.8 Å². The van der Waals surface area contributed by atoms with Gasteiger partial charge in [-0.05, 0) is 36.4 Å². The van der Waals surface area contributed by atoms with Gasteiger partial charge < -0.3 is 14.8 Å². The molecule has 0 amide bonds. The van der Waals surface area contributed by atoms with Crippen LogP contribution in [0.4, 0.5) is 0 Å². The Balaban J connectivity index is 2.08. The van der Waals surface area contributed by atoms with Gasteiger partial charge >= 0.3 is 0 Å². The van der Waals surface area contributed by atoms with Crippen molar-refractivity contribution < 1.29 is 9.47 Å². The molecule has 3 nitrogen and oxygen atoms in total. The van der Waals surface area contributed by atoms with Gasteiger partial charge in [-0.25, -0.2) is 0 Å². The molecule has 0 aliphatic carbocycles. The molecule has 0 radical (unpaired) electrons. The van der Waals surface area contributed by atoms with Crippen LogP contribution in [0.5, 0.6) is 5.75 Å². The van der Waals surface area contributed by atoms with Gasteiger partial charge in [0.15, 0.2) is 0 Å². The number of methoxy groups -OCH3 is 1. The van der Waals surface area contributed by atoms with Crippen LogP contribution in [0.3, 0.4) is 0 Å². The fourth-order valence-electron chi connectivity index (χ4n) is 3.27. The standard InChI is InChI=1S/C18H23NO2/c1-3-19-18(17-9-6-12-21-17)15-10-11-16(20-2)14-8-5-4-7-13(14)15/h4-5,7-8,10-11,17-19H,3,6,9,12H2,1-2H3. The van der Waals surface area contributed by atoms with Crippen molar-refractivity contribution in [3.63, 3.8) is 0 Å². The third-order valence-corrected chi connectivity index (χ3v) is 4.23. The lowest BCUT2D eigenvalue weighted by Crippen LogP contribution is -2.31. The van der Waals surface area contributed by atoms with Crippen LogP contribution in [-0.4, -0.2) is 26.4 Å². The second-order valence-corrected chi connectivity index (χ2v) is 5.49. The minimum Gasteiger partial charge on any atom is -0.496 e. The summed E-state index contributed by atoms with van der Waals surface area (Å²) in [6, 6.07) is 12.9. The molecule has 1 saturated heterocycles. The number of benzene rings is 2. The van der Waals surface area contributed by atoms with E-state index < -0.39 is 0 Å². The zero-order valence-corrected chi connectivity index (χ0v) is 12.8. The highest BCUT2D eigenvalue weighted by atomic mass is 16.5. The Morgan fingerprint density at radius 3 is 2.71 bits per heavy atom. The van der Waals surface area contributed by atoms with Gasteiger partial charge in [-0.15, -0.1) is 0 Å². The van der Waals surface area contributed by atoms with Crippen LogP contribution in [0, 0.1) is 0 Å². The first kappa shape index (κ1) is 14.4. The second-order valence-electron chi connectivity index (χ2n) is 5.49. The number of ether oxygens (including phenoxy) is 2. The lowest BCUT2D eigenvalue weighted by molar-refractivity contribution is 0.0792. The average Bonchev–Trinajstić information content (AvgIpc) is 3.06. The molecule has 1 heterocycles. The quantitative estimate of drug-likeness (QED) is 0.909. The van der Waals surface area contributed by atoms with Crippen LogP contribution in [0.2, 0.25) is 0 Å². The molecule has 0 aromatic heterocycles. The van der Waals surface area contributed by atoms with E-state index in [1.54, 1.807) is 7.11 Å². The van der Waals surface area contributed by atoms with Gasteiger partial charge in [0.25, 0.3) is 0 Å². The molecule has 2 unspecified atom stereocenters. The average molecular weight is 285 g/mol. The van der Waals surface area contributed by atoms with Crippen molar-refractivity contribution in [3.8, 4) is 5.75 Å². The van der Waals surface area contributed by atoms with Gasteiger partial charge in [-0.1, -0.05) is 37.3 Å². The molecular formula is C18H23NO2. The van der Waals surface area contributed by atoms with Gasteiger partial charge in [0.05, 0.1) is 19.3 Å². The van der Waals surface area contributed by atoms with Crippen molar-refractivity contribution >= 4 is 10.8 Å². The van der Waals surface area contributed by atoms with E-state index >= 15 is 0 Å². The summed E-state index contributed by atoms with van der Waals surface area (Å²) < 4.78 is 11.4. The van der Waals surface area contributed by atoms with Gasteiger partial charge in [0.2, 0.25) is 0 Å². The van der Waals surface area contributed by atoms with Crippen LogP contribution in [0.15, 0.2) is 36.4 Å². The fourth-order valence-corrected chi connectivity index (χ4v) is 3.27. The first-order valence-electron chi connectivity index (χ1n) is 7.75. The van der Waals surface area contributed by atoms with E-state index in [4.69, 9.17) is 9.47 Å². The highest BCUT2D eigenvalue weighted by Crippen LogP contribution is 2.35. The molecule has 1 aliphatic rings. The van der Waals surface area contributed by atoms with Crippen LogP contribution < -0.4 is 10.1 Å². The lowest BCUT2D eigenvalue weighted by atomic mass is 9.93. The molecule has 21 heavy (non-hydrogen) atoms.